The number of aromatic amines is 1. The van der Waals surface area contributed by atoms with E-state index in [1.54, 1.807) is 43.3 Å². The van der Waals surface area contributed by atoms with Crippen molar-refractivity contribution in [3.63, 3.8) is 0 Å². The van der Waals surface area contributed by atoms with E-state index in [-0.39, 0.29) is 6.42 Å². The van der Waals surface area contributed by atoms with Gasteiger partial charge >= 0.3 is 5.69 Å². The summed E-state index contributed by atoms with van der Waals surface area (Å²) in [7, 11) is -5.01. The highest BCUT2D eigenvalue weighted by atomic mass is 31.2. The quantitative estimate of drug-likeness (QED) is 0.535. The van der Waals surface area contributed by atoms with Gasteiger partial charge in [-0.05, 0) is 18.6 Å². The molecule has 0 fully saturated rings. The van der Waals surface area contributed by atoms with Crippen LogP contribution in [0.15, 0.2) is 58.3 Å². The molecular formula is C17H18N2O7P-. The fourth-order valence-electron chi connectivity index (χ4n) is 2.83. The molecule has 1 aliphatic rings. The predicted molar refractivity (Wildman–Crippen MR) is 94.0 cm³/mol. The molecule has 0 radical (unpaired) electrons. The molecular weight excluding hydrogens is 375 g/mol. The van der Waals surface area contributed by atoms with Gasteiger partial charge in [-0.15, -0.1) is 0 Å². The van der Waals surface area contributed by atoms with Gasteiger partial charge in [0.05, 0.1) is 6.10 Å². The highest BCUT2D eigenvalue weighted by molar-refractivity contribution is 7.44. The molecule has 2 N–H and O–H groups in total. The van der Waals surface area contributed by atoms with Crippen molar-refractivity contribution < 1.29 is 23.6 Å². The second-order valence-electron chi connectivity index (χ2n) is 6.16. The van der Waals surface area contributed by atoms with Gasteiger partial charge in [-0.1, -0.05) is 36.4 Å². The first kappa shape index (κ1) is 19.5. The summed E-state index contributed by atoms with van der Waals surface area (Å²) in [5.41, 5.74) is -0.0364. The number of phosphoric acid groups is 1. The number of aromatic nitrogens is 2. The molecule has 10 heteroatoms. The lowest BCUT2D eigenvalue weighted by molar-refractivity contribution is -0.227. The summed E-state index contributed by atoms with van der Waals surface area (Å²) in [5.74, 6) is 0. The summed E-state index contributed by atoms with van der Waals surface area (Å²) in [4.78, 5) is 46.1. The van der Waals surface area contributed by atoms with Crippen molar-refractivity contribution in [1.29, 1.82) is 0 Å². The van der Waals surface area contributed by atoms with Gasteiger partial charge in [0.25, 0.3) is 13.4 Å². The first-order chi connectivity index (χ1) is 12.7. The predicted octanol–water partition coefficient (Wildman–Crippen LogP) is 0.387. The highest BCUT2D eigenvalue weighted by Crippen LogP contribution is 2.37. The Morgan fingerprint density at radius 3 is 2.70 bits per heavy atom. The van der Waals surface area contributed by atoms with Crippen molar-refractivity contribution in [2.75, 3.05) is 0 Å². The SMILES string of the molecule is Cc1cn([C@H]2C=C[C@@H](C(Cc3ccccc3)OP(=O)([O-])O)O2)c(=O)[nH]c1=O. The van der Waals surface area contributed by atoms with Crippen molar-refractivity contribution in [2.24, 2.45) is 0 Å². The Balaban J connectivity index is 1.82. The van der Waals surface area contributed by atoms with E-state index in [0.29, 0.717) is 5.56 Å². The van der Waals surface area contributed by atoms with Gasteiger partial charge in [-0.2, -0.15) is 0 Å². The molecule has 3 rings (SSSR count). The van der Waals surface area contributed by atoms with E-state index in [1.807, 2.05) is 6.07 Å². The molecule has 144 valence electrons. The molecule has 2 heterocycles. The number of hydrogen-bond donors (Lipinski definition) is 2. The van der Waals surface area contributed by atoms with Crippen LogP contribution in [0.3, 0.4) is 0 Å². The average Bonchev–Trinajstić information content (AvgIpc) is 3.07. The topological polar surface area (TPSA) is 134 Å². The van der Waals surface area contributed by atoms with Crippen LogP contribution in [0.5, 0.6) is 0 Å². The van der Waals surface area contributed by atoms with Crippen LogP contribution in [0.25, 0.3) is 0 Å². The fourth-order valence-corrected chi connectivity index (χ4v) is 3.37. The van der Waals surface area contributed by atoms with Crippen molar-refractivity contribution in [2.45, 2.75) is 31.8 Å². The van der Waals surface area contributed by atoms with Crippen molar-refractivity contribution in [1.82, 2.24) is 9.55 Å². The lowest BCUT2D eigenvalue weighted by Gasteiger charge is -2.28. The van der Waals surface area contributed by atoms with Crippen molar-refractivity contribution in [3.05, 3.63) is 80.6 Å². The van der Waals surface area contributed by atoms with Gasteiger partial charge in [0.1, 0.15) is 6.10 Å². The Labute approximate surface area is 154 Å². The minimum Gasteiger partial charge on any atom is -0.756 e. The number of benzene rings is 1. The number of hydrogen-bond acceptors (Lipinski definition) is 6. The molecule has 0 bridgehead atoms. The second kappa shape index (κ2) is 7.75. The average molecular weight is 393 g/mol. The Morgan fingerprint density at radius 1 is 1.33 bits per heavy atom. The number of phosphoric ester groups is 1. The lowest BCUT2D eigenvalue weighted by atomic mass is 10.0. The van der Waals surface area contributed by atoms with Crippen LogP contribution in [-0.4, -0.2) is 26.7 Å². The number of nitrogens with zero attached hydrogens (tertiary/aromatic N) is 1. The van der Waals surface area contributed by atoms with E-state index < -0.39 is 37.5 Å². The minimum absolute atomic E-state index is 0.162. The third-order valence-electron chi connectivity index (χ3n) is 4.10. The molecule has 0 aliphatic carbocycles. The zero-order valence-corrected chi connectivity index (χ0v) is 15.2. The zero-order valence-electron chi connectivity index (χ0n) is 14.3. The van der Waals surface area contributed by atoms with Gasteiger partial charge in [0.15, 0.2) is 6.23 Å². The van der Waals surface area contributed by atoms with E-state index in [2.05, 4.69) is 4.98 Å². The first-order valence-electron chi connectivity index (χ1n) is 8.15. The summed E-state index contributed by atoms with van der Waals surface area (Å²) in [6.07, 6.45) is 1.93. The molecule has 9 nitrogen and oxygen atoms in total. The highest BCUT2D eigenvalue weighted by Gasteiger charge is 2.31. The molecule has 1 aromatic carbocycles. The number of aryl methyl sites for hydroxylation is 1. The van der Waals surface area contributed by atoms with Crippen LogP contribution < -0.4 is 16.1 Å². The first-order valence-corrected chi connectivity index (χ1v) is 9.64. The molecule has 0 spiro atoms. The van der Waals surface area contributed by atoms with Crippen molar-refractivity contribution >= 4 is 7.82 Å². The molecule has 4 atom stereocenters. The smallest absolute Gasteiger partial charge is 0.330 e. The molecule has 2 unspecified atom stereocenters. The zero-order chi connectivity index (χ0) is 19.6. The van der Waals surface area contributed by atoms with E-state index in [9.17, 15) is 19.0 Å². The van der Waals surface area contributed by atoms with Gasteiger partial charge in [0.2, 0.25) is 0 Å². The number of ether oxygens (including phenoxy) is 1. The van der Waals surface area contributed by atoms with Gasteiger partial charge in [-0.3, -0.25) is 18.9 Å². The summed E-state index contributed by atoms with van der Waals surface area (Å²) >= 11 is 0. The molecule has 27 heavy (non-hydrogen) atoms. The Bertz CT molecular complexity index is 992. The lowest BCUT2D eigenvalue weighted by Crippen LogP contribution is -2.36. The molecule has 1 aliphatic heterocycles. The summed E-state index contributed by atoms with van der Waals surface area (Å²) in [6.45, 7) is 1.55. The fraction of sp³-hybridized carbons (Fsp3) is 0.294. The van der Waals surface area contributed by atoms with Crippen LogP contribution in [0.1, 0.15) is 17.4 Å². The monoisotopic (exact) mass is 393 g/mol. The standard InChI is InChI=1S/C17H19N2O7P/c1-11-10-19(17(21)18-16(11)20)15-8-7-13(25-15)14(26-27(22,23)24)9-12-5-3-2-4-6-12/h2-8,10,13-15H,9H2,1H3,(H,18,20,21)(H2,22,23,24)/p-1/t13-,14?,15+/m0/s1. The van der Waals surface area contributed by atoms with Gasteiger partial charge in [-0.25, -0.2) is 4.79 Å². The Morgan fingerprint density at radius 2 is 2.04 bits per heavy atom. The van der Waals surface area contributed by atoms with E-state index in [1.165, 1.54) is 10.8 Å². The van der Waals surface area contributed by atoms with Crippen LogP contribution in [0, 0.1) is 6.92 Å². The van der Waals surface area contributed by atoms with Crippen LogP contribution >= 0.6 is 7.82 Å². The third kappa shape index (κ3) is 4.91. The summed E-state index contributed by atoms with van der Waals surface area (Å²) in [5, 5.41) is 0. The van der Waals surface area contributed by atoms with Crippen LogP contribution in [-0.2, 0) is 20.2 Å². The Kier molecular flexibility index (Phi) is 5.59. The number of H-pyrrole nitrogens is 1. The molecule has 0 saturated carbocycles. The van der Waals surface area contributed by atoms with E-state index in [4.69, 9.17) is 14.2 Å². The van der Waals surface area contributed by atoms with E-state index in [0.717, 1.165) is 5.56 Å². The second-order valence-corrected chi connectivity index (χ2v) is 7.30. The van der Waals surface area contributed by atoms with Crippen LogP contribution in [0.4, 0.5) is 0 Å². The maximum absolute atomic E-state index is 12.0. The van der Waals surface area contributed by atoms with Crippen LogP contribution in [0.2, 0.25) is 0 Å². The largest absolute Gasteiger partial charge is 0.756 e. The summed E-state index contributed by atoms with van der Waals surface area (Å²) in [6, 6.07) is 8.97. The number of rotatable bonds is 6. The third-order valence-corrected chi connectivity index (χ3v) is 4.63. The molecule has 1 aromatic heterocycles. The molecule has 2 aromatic rings. The normalized spacial score (nSPS) is 22.5. The van der Waals surface area contributed by atoms with Gasteiger partial charge < -0.3 is 19.0 Å². The molecule has 0 amide bonds. The van der Waals surface area contributed by atoms with Crippen molar-refractivity contribution in [3.8, 4) is 0 Å². The van der Waals surface area contributed by atoms with E-state index >= 15 is 0 Å². The maximum Gasteiger partial charge on any atom is 0.330 e. The maximum atomic E-state index is 12.0. The summed E-state index contributed by atoms with van der Waals surface area (Å²) < 4.78 is 23.0. The Hall–Kier alpha value is -2.29. The van der Waals surface area contributed by atoms with Gasteiger partial charge in [0, 0.05) is 18.2 Å². The molecule has 0 saturated heterocycles. The number of nitrogens with one attached hydrogen (secondary N) is 1. The minimum atomic E-state index is -5.01.